The minimum Gasteiger partial charge on any atom is -0.396 e. The molecule has 0 heterocycles. The number of benzene rings is 3. The van der Waals surface area contributed by atoms with Gasteiger partial charge in [-0.1, -0.05) is 91.9 Å². The molecule has 1 aliphatic rings. The second kappa shape index (κ2) is 14.1. The summed E-state index contributed by atoms with van der Waals surface area (Å²) in [7, 11) is 4.14. The SMILES string of the molecule is CC1CC(C(=O)NC(Cc2ccccc2)C(CO)Cc2cccc(C(=N)N)c2)=CC=C1c1cccc(CN(C)C)c1. The first kappa shape index (κ1) is 30.0. The summed E-state index contributed by atoms with van der Waals surface area (Å²) >= 11 is 0. The molecular weight excluding hydrogens is 508 g/mol. The van der Waals surface area contributed by atoms with E-state index in [4.69, 9.17) is 11.1 Å². The van der Waals surface area contributed by atoms with Crippen molar-refractivity contribution in [2.24, 2.45) is 17.6 Å². The normalized spacial score (nSPS) is 16.5. The van der Waals surface area contributed by atoms with E-state index in [-0.39, 0.29) is 36.2 Å². The van der Waals surface area contributed by atoms with Crippen molar-refractivity contribution in [1.29, 1.82) is 5.41 Å². The number of rotatable bonds is 12. The van der Waals surface area contributed by atoms with Gasteiger partial charge >= 0.3 is 0 Å². The summed E-state index contributed by atoms with van der Waals surface area (Å²) < 4.78 is 0. The van der Waals surface area contributed by atoms with Crippen molar-refractivity contribution >= 4 is 17.3 Å². The van der Waals surface area contributed by atoms with Gasteiger partial charge in [0.2, 0.25) is 5.91 Å². The van der Waals surface area contributed by atoms with E-state index in [1.807, 2.05) is 54.6 Å². The molecule has 0 saturated heterocycles. The predicted octanol–water partition coefficient (Wildman–Crippen LogP) is 4.96. The van der Waals surface area contributed by atoms with Crippen LogP contribution in [-0.4, -0.2) is 48.5 Å². The Morgan fingerprint density at radius 3 is 2.37 bits per heavy atom. The molecule has 0 radical (unpaired) electrons. The third-order valence-electron chi connectivity index (χ3n) is 7.73. The van der Waals surface area contributed by atoms with E-state index >= 15 is 0 Å². The van der Waals surface area contributed by atoms with Crippen molar-refractivity contribution < 1.29 is 9.90 Å². The lowest BCUT2D eigenvalue weighted by Crippen LogP contribution is -2.45. The molecule has 0 fully saturated rings. The Hall–Kier alpha value is -4.00. The third kappa shape index (κ3) is 8.26. The number of carbonyl (C=O) groups is 1. The van der Waals surface area contributed by atoms with Crippen molar-refractivity contribution in [2.45, 2.75) is 38.8 Å². The summed E-state index contributed by atoms with van der Waals surface area (Å²) in [6.45, 7) is 2.97. The van der Waals surface area contributed by atoms with Gasteiger partial charge < -0.3 is 21.1 Å². The summed E-state index contributed by atoms with van der Waals surface area (Å²) in [5.41, 5.74) is 12.9. The number of hydrogen-bond acceptors (Lipinski definition) is 4. The van der Waals surface area contributed by atoms with Gasteiger partial charge in [-0.25, -0.2) is 0 Å². The average molecular weight is 551 g/mol. The molecule has 0 saturated carbocycles. The lowest BCUT2D eigenvalue weighted by molar-refractivity contribution is -0.118. The molecule has 5 N–H and O–H groups in total. The summed E-state index contributed by atoms with van der Waals surface area (Å²) in [5.74, 6) is -0.0958. The highest BCUT2D eigenvalue weighted by Crippen LogP contribution is 2.33. The molecule has 0 aromatic heterocycles. The van der Waals surface area contributed by atoms with Crippen LogP contribution >= 0.6 is 0 Å². The number of nitrogens with zero attached hydrogens (tertiary/aromatic N) is 1. The lowest BCUT2D eigenvalue weighted by atomic mass is 9.83. The standard InChI is InChI=1S/C35H42N4O2/c1-24-17-30(15-16-32(24)28-13-8-12-27(20-28)22-39(2)3)35(41)38-33(21-25-9-5-4-6-10-25)31(23-40)19-26-11-7-14-29(18-26)34(36)37/h4-16,18,20,24,31,33,40H,17,19,21-23H2,1-3H3,(H3,36,37)(H,38,41). The average Bonchev–Trinajstić information content (AvgIpc) is 2.96. The topological polar surface area (TPSA) is 102 Å². The first-order valence-electron chi connectivity index (χ1n) is 14.3. The largest absolute Gasteiger partial charge is 0.396 e. The van der Waals surface area contributed by atoms with Crippen LogP contribution in [0.1, 0.15) is 41.2 Å². The number of amides is 1. The zero-order chi connectivity index (χ0) is 29.4. The molecule has 1 aliphatic carbocycles. The Morgan fingerprint density at radius 2 is 1.68 bits per heavy atom. The van der Waals surface area contributed by atoms with E-state index in [1.54, 1.807) is 6.07 Å². The van der Waals surface area contributed by atoms with E-state index in [1.165, 1.54) is 16.7 Å². The van der Waals surface area contributed by atoms with Gasteiger partial charge in [0.15, 0.2) is 0 Å². The molecule has 6 heteroatoms. The molecule has 3 unspecified atom stereocenters. The van der Waals surface area contributed by atoms with E-state index in [9.17, 15) is 9.90 Å². The van der Waals surface area contributed by atoms with Crippen LogP contribution in [0.25, 0.3) is 5.57 Å². The maximum Gasteiger partial charge on any atom is 0.247 e. The Kier molecular flexibility index (Phi) is 10.3. The van der Waals surface area contributed by atoms with Crippen LogP contribution in [0, 0.1) is 17.2 Å². The number of nitrogen functional groups attached to an aromatic ring is 1. The molecule has 0 aliphatic heterocycles. The van der Waals surface area contributed by atoms with Crippen LogP contribution in [0.5, 0.6) is 0 Å². The predicted molar refractivity (Wildman–Crippen MR) is 167 cm³/mol. The lowest BCUT2D eigenvalue weighted by Gasteiger charge is -2.29. The Balaban J connectivity index is 1.55. The van der Waals surface area contributed by atoms with Crippen LogP contribution in [0.15, 0.2) is 96.6 Å². The van der Waals surface area contributed by atoms with E-state index in [0.29, 0.717) is 24.8 Å². The first-order valence-corrected chi connectivity index (χ1v) is 14.3. The van der Waals surface area contributed by atoms with Crippen LogP contribution in [0.4, 0.5) is 0 Å². The number of hydrogen-bond donors (Lipinski definition) is 4. The fraction of sp³-hybridized carbons (Fsp3) is 0.314. The minimum absolute atomic E-state index is 0.0109. The maximum absolute atomic E-state index is 13.6. The number of carbonyl (C=O) groups excluding carboxylic acids is 1. The van der Waals surface area contributed by atoms with E-state index in [2.05, 4.69) is 61.6 Å². The van der Waals surface area contributed by atoms with Gasteiger partial charge in [0.1, 0.15) is 5.84 Å². The summed E-state index contributed by atoms with van der Waals surface area (Å²) in [6, 6.07) is 25.9. The van der Waals surface area contributed by atoms with Crippen molar-refractivity contribution in [3.63, 3.8) is 0 Å². The number of aliphatic hydroxyl groups excluding tert-OH is 1. The number of amidine groups is 1. The molecule has 4 rings (SSSR count). The first-order chi connectivity index (χ1) is 19.7. The molecule has 1 amide bonds. The quantitative estimate of drug-likeness (QED) is 0.189. The highest BCUT2D eigenvalue weighted by atomic mass is 16.3. The molecule has 6 nitrogen and oxygen atoms in total. The minimum atomic E-state index is -0.278. The highest BCUT2D eigenvalue weighted by molar-refractivity contribution is 5.96. The summed E-state index contributed by atoms with van der Waals surface area (Å²) in [5, 5.41) is 21.5. The molecule has 0 bridgehead atoms. The van der Waals surface area contributed by atoms with Crippen LogP contribution < -0.4 is 11.1 Å². The fourth-order valence-corrected chi connectivity index (χ4v) is 5.59. The Bertz CT molecular complexity index is 1410. The van der Waals surface area contributed by atoms with Crippen molar-refractivity contribution in [3.8, 4) is 0 Å². The van der Waals surface area contributed by atoms with Gasteiger partial charge in [0, 0.05) is 36.2 Å². The molecule has 41 heavy (non-hydrogen) atoms. The van der Waals surface area contributed by atoms with Crippen LogP contribution in [0.2, 0.25) is 0 Å². The van der Waals surface area contributed by atoms with Crippen LogP contribution in [-0.2, 0) is 24.2 Å². The Morgan fingerprint density at radius 1 is 0.976 bits per heavy atom. The number of allylic oxidation sites excluding steroid dienone is 3. The number of nitrogens with two attached hydrogens (primary N) is 1. The van der Waals surface area contributed by atoms with Gasteiger partial charge in [-0.05, 0) is 73.2 Å². The van der Waals surface area contributed by atoms with Gasteiger partial charge in [-0.2, -0.15) is 0 Å². The van der Waals surface area contributed by atoms with E-state index < -0.39 is 0 Å². The maximum atomic E-state index is 13.6. The smallest absolute Gasteiger partial charge is 0.247 e. The van der Waals surface area contributed by atoms with Gasteiger partial charge in [-0.15, -0.1) is 0 Å². The second-order valence-electron chi connectivity index (χ2n) is 11.4. The van der Waals surface area contributed by atoms with Crippen molar-refractivity contribution in [1.82, 2.24) is 10.2 Å². The van der Waals surface area contributed by atoms with Crippen LogP contribution in [0.3, 0.4) is 0 Å². The molecular formula is C35H42N4O2. The van der Waals surface area contributed by atoms with Gasteiger partial charge in [0.05, 0.1) is 0 Å². The number of aliphatic hydroxyl groups is 1. The fourth-order valence-electron chi connectivity index (χ4n) is 5.59. The molecule has 0 spiro atoms. The Labute approximate surface area is 244 Å². The second-order valence-corrected chi connectivity index (χ2v) is 11.4. The zero-order valence-corrected chi connectivity index (χ0v) is 24.3. The molecule has 3 aromatic rings. The third-order valence-corrected chi connectivity index (χ3v) is 7.73. The monoisotopic (exact) mass is 550 g/mol. The molecule has 3 aromatic carbocycles. The zero-order valence-electron chi connectivity index (χ0n) is 24.3. The number of nitrogens with one attached hydrogen (secondary N) is 2. The molecule has 3 atom stereocenters. The highest BCUT2D eigenvalue weighted by Gasteiger charge is 2.27. The van der Waals surface area contributed by atoms with Crippen molar-refractivity contribution in [3.05, 3.63) is 124 Å². The van der Waals surface area contributed by atoms with E-state index in [0.717, 1.165) is 23.2 Å². The van der Waals surface area contributed by atoms with Gasteiger partial charge in [-0.3, -0.25) is 10.2 Å². The van der Waals surface area contributed by atoms with Gasteiger partial charge in [0.25, 0.3) is 0 Å². The summed E-state index contributed by atoms with van der Waals surface area (Å²) in [6.07, 6.45) is 5.84. The van der Waals surface area contributed by atoms with Crippen molar-refractivity contribution in [2.75, 3.05) is 20.7 Å². The summed E-state index contributed by atoms with van der Waals surface area (Å²) in [4.78, 5) is 15.8. The molecule has 214 valence electrons.